The summed E-state index contributed by atoms with van der Waals surface area (Å²) in [5.74, 6) is -1.32. The van der Waals surface area contributed by atoms with Crippen LogP contribution in [0.15, 0.2) is 78.9 Å². The monoisotopic (exact) mass is 633 g/mol. The van der Waals surface area contributed by atoms with E-state index < -0.39 is 36.1 Å². The van der Waals surface area contributed by atoms with E-state index in [1.54, 1.807) is 0 Å². The van der Waals surface area contributed by atoms with E-state index in [0.717, 1.165) is 27.8 Å². The van der Waals surface area contributed by atoms with Crippen molar-refractivity contribution in [3.8, 4) is 11.1 Å². The third-order valence-electron chi connectivity index (χ3n) is 7.58. The molecule has 0 radical (unpaired) electrons. The zero-order chi connectivity index (χ0) is 32.0. The molecule has 0 aromatic heterocycles. The normalized spacial score (nSPS) is 13.1. The Bertz CT molecular complexity index is 1410. The number of rotatable bonds is 16. The number of carbonyl (C=O) groups is 4. The van der Waals surface area contributed by atoms with Crippen LogP contribution in [0.2, 0.25) is 0 Å². The number of ether oxygens (including phenoxy) is 2. The van der Waals surface area contributed by atoms with Gasteiger partial charge in [-0.3, -0.25) is 4.79 Å². The second kappa shape index (κ2) is 17.1. The number of carboxylic acids is 1. The maximum atomic E-state index is 13.1. The molecular weight excluding hydrogens is 594 g/mol. The number of nitrogens with one attached hydrogen (secondary N) is 3. The van der Waals surface area contributed by atoms with E-state index in [4.69, 9.17) is 9.47 Å². The smallest absolute Gasteiger partial charge is 0.407 e. The fourth-order valence-electron chi connectivity index (χ4n) is 5.25. The number of carboxylic acid groups (broad SMARTS) is 1. The lowest BCUT2D eigenvalue weighted by Crippen LogP contribution is -2.52. The molecule has 0 heterocycles. The third kappa shape index (κ3) is 9.74. The molecule has 45 heavy (non-hydrogen) atoms. The van der Waals surface area contributed by atoms with Crippen LogP contribution in [-0.4, -0.2) is 66.4 Å². The van der Waals surface area contributed by atoms with Gasteiger partial charge in [-0.2, -0.15) is 11.8 Å². The zero-order valence-electron chi connectivity index (χ0n) is 25.2. The summed E-state index contributed by atoms with van der Waals surface area (Å²) >= 11 is 1.51. The SMILES string of the molecule is CSCC[C@@H](NC(=O)OCC1c2ccccc2-c2ccccc21)C(=O)N[C@H](CCCCNC(=O)OCc1ccccc1)C(=O)O. The molecule has 4 N–H and O–H groups in total. The van der Waals surface area contributed by atoms with Crippen molar-refractivity contribution in [3.05, 3.63) is 95.6 Å². The van der Waals surface area contributed by atoms with Gasteiger partial charge in [-0.05, 0) is 65.5 Å². The molecule has 1 aliphatic carbocycles. The zero-order valence-corrected chi connectivity index (χ0v) is 26.0. The summed E-state index contributed by atoms with van der Waals surface area (Å²) in [6, 6.07) is 23.2. The number of hydrogen-bond donors (Lipinski definition) is 4. The van der Waals surface area contributed by atoms with Gasteiger partial charge in [0, 0.05) is 12.5 Å². The second-order valence-electron chi connectivity index (χ2n) is 10.7. The minimum atomic E-state index is -1.18. The van der Waals surface area contributed by atoms with Crippen LogP contribution >= 0.6 is 11.8 Å². The molecule has 3 amide bonds. The fraction of sp³-hybridized carbons (Fsp3) is 0.353. The van der Waals surface area contributed by atoms with Crippen molar-refractivity contribution in [1.29, 1.82) is 0 Å². The van der Waals surface area contributed by atoms with Crippen molar-refractivity contribution in [3.63, 3.8) is 0 Å². The highest BCUT2D eigenvalue weighted by atomic mass is 32.2. The Hall–Kier alpha value is -4.51. The Morgan fingerprint density at radius 2 is 1.42 bits per heavy atom. The molecule has 2 atom stereocenters. The van der Waals surface area contributed by atoms with Gasteiger partial charge in [-0.25, -0.2) is 14.4 Å². The topological polar surface area (TPSA) is 143 Å². The van der Waals surface area contributed by atoms with Crippen LogP contribution in [0.4, 0.5) is 9.59 Å². The maximum Gasteiger partial charge on any atom is 0.407 e. The van der Waals surface area contributed by atoms with Crippen molar-refractivity contribution >= 4 is 35.8 Å². The molecule has 0 saturated heterocycles. The molecule has 0 saturated carbocycles. The number of carbonyl (C=O) groups excluding carboxylic acids is 3. The van der Waals surface area contributed by atoms with Crippen molar-refractivity contribution < 1.29 is 33.8 Å². The first-order chi connectivity index (χ1) is 21.9. The van der Waals surface area contributed by atoms with E-state index in [2.05, 4.69) is 16.0 Å². The Kier molecular flexibility index (Phi) is 12.7. The van der Waals surface area contributed by atoms with Gasteiger partial charge in [0.2, 0.25) is 5.91 Å². The van der Waals surface area contributed by atoms with Crippen molar-refractivity contribution in [2.45, 2.75) is 50.3 Å². The van der Waals surface area contributed by atoms with Crippen LogP contribution in [-0.2, 0) is 25.7 Å². The van der Waals surface area contributed by atoms with E-state index in [9.17, 15) is 24.3 Å². The Morgan fingerprint density at radius 1 is 0.778 bits per heavy atom. The van der Waals surface area contributed by atoms with Gasteiger partial charge < -0.3 is 30.5 Å². The average molecular weight is 634 g/mol. The average Bonchev–Trinajstić information content (AvgIpc) is 3.37. The standard InChI is InChI=1S/C34H39N3O7S/c1-45-20-18-29(37-34(42)44-22-28-26-15-7-5-13-24(26)25-14-6-8-16-27(25)28)31(38)36-30(32(39)40)17-9-10-19-35-33(41)43-21-23-11-3-2-4-12-23/h2-8,11-16,28-30H,9-10,17-22H2,1H3,(H,35,41)(H,36,38)(H,37,42)(H,39,40)/t29-,30-/m1/s1. The highest BCUT2D eigenvalue weighted by molar-refractivity contribution is 7.98. The van der Waals surface area contributed by atoms with E-state index >= 15 is 0 Å². The van der Waals surface area contributed by atoms with Crippen LogP contribution in [0.3, 0.4) is 0 Å². The predicted molar refractivity (Wildman–Crippen MR) is 173 cm³/mol. The van der Waals surface area contributed by atoms with Crippen molar-refractivity contribution in [2.24, 2.45) is 0 Å². The summed E-state index contributed by atoms with van der Waals surface area (Å²) < 4.78 is 10.8. The molecule has 0 fully saturated rings. The van der Waals surface area contributed by atoms with Crippen LogP contribution < -0.4 is 16.0 Å². The molecule has 0 aliphatic heterocycles. The van der Waals surface area contributed by atoms with Gasteiger partial charge in [0.15, 0.2) is 0 Å². The van der Waals surface area contributed by atoms with Crippen molar-refractivity contribution in [1.82, 2.24) is 16.0 Å². The molecule has 4 rings (SSSR count). The van der Waals surface area contributed by atoms with Crippen molar-refractivity contribution in [2.75, 3.05) is 25.2 Å². The Balaban J connectivity index is 1.23. The van der Waals surface area contributed by atoms with Crippen LogP contribution in [0.25, 0.3) is 11.1 Å². The predicted octanol–water partition coefficient (Wildman–Crippen LogP) is 5.31. The molecule has 0 bridgehead atoms. The number of thioether (sulfide) groups is 1. The second-order valence-corrected chi connectivity index (χ2v) is 11.7. The van der Waals surface area contributed by atoms with E-state index in [-0.39, 0.29) is 25.6 Å². The van der Waals surface area contributed by atoms with E-state index in [1.807, 2.05) is 85.1 Å². The minimum Gasteiger partial charge on any atom is -0.480 e. The summed E-state index contributed by atoms with van der Waals surface area (Å²) in [5, 5.41) is 17.6. The fourth-order valence-corrected chi connectivity index (χ4v) is 5.73. The van der Waals surface area contributed by atoms with Gasteiger partial charge in [0.05, 0.1) is 0 Å². The summed E-state index contributed by atoms with van der Waals surface area (Å²) in [6.45, 7) is 0.553. The van der Waals surface area contributed by atoms with Gasteiger partial charge in [0.25, 0.3) is 0 Å². The number of amides is 3. The highest BCUT2D eigenvalue weighted by Crippen LogP contribution is 2.44. The van der Waals surface area contributed by atoms with Gasteiger partial charge in [-0.1, -0.05) is 78.9 Å². The van der Waals surface area contributed by atoms with Gasteiger partial charge >= 0.3 is 18.2 Å². The van der Waals surface area contributed by atoms with Crippen LogP contribution in [0.1, 0.15) is 48.3 Å². The summed E-state index contributed by atoms with van der Waals surface area (Å²) in [7, 11) is 0. The molecule has 10 nitrogen and oxygen atoms in total. The van der Waals surface area contributed by atoms with Crippen LogP contribution in [0.5, 0.6) is 0 Å². The van der Waals surface area contributed by atoms with E-state index in [1.165, 1.54) is 11.8 Å². The molecule has 0 unspecified atom stereocenters. The van der Waals surface area contributed by atoms with Gasteiger partial charge in [0.1, 0.15) is 25.3 Å². The summed E-state index contributed by atoms with van der Waals surface area (Å²) in [6.07, 6.45) is 1.97. The Morgan fingerprint density at radius 3 is 2.07 bits per heavy atom. The minimum absolute atomic E-state index is 0.0995. The summed E-state index contributed by atoms with van der Waals surface area (Å²) in [4.78, 5) is 49.8. The molecule has 1 aliphatic rings. The van der Waals surface area contributed by atoms with Gasteiger partial charge in [-0.15, -0.1) is 0 Å². The first kappa shape index (κ1) is 33.4. The number of benzene rings is 3. The van der Waals surface area contributed by atoms with E-state index in [0.29, 0.717) is 31.6 Å². The molecule has 238 valence electrons. The summed E-state index contributed by atoms with van der Waals surface area (Å²) in [5.41, 5.74) is 5.24. The number of unbranched alkanes of at least 4 members (excludes halogenated alkanes) is 1. The van der Waals surface area contributed by atoms with Crippen LogP contribution in [0, 0.1) is 0 Å². The number of fused-ring (bicyclic) bond motifs is 3. The number of aliphatic carboxylic acids is 1. The molecule has 11 heteroatoms. The number of hydrogen-bond acceptors (Lipinski definition) is 7. The molecule has 3 aromatic carbocycles. The Labute approximate surface area is 267 Å². The lowest BCUT2D eigenvalue weighted by molar-refractivity contribution is -0.142. The quantitative estimate of drug-likeness (QED) is 0.155. The highest BCUT2D eigenvalue weighted by Gasteiger charge is 2.30. The largest absolute Gasteiger partial charge is 0.480 e. The number of alkyl carbamates (subject to hydrolysis) is 2. The first-order valence-electron chi connectivity index (χ1n) is 15.0. The lowest BCUT2D eigenvalue weighted by Gasteiger charge is -2.22. The molecule has 3 aromatic rings. The third-order valence-corrected chi connectivity index (χ3v) is 8.22. The molecular formula is C34H39N3O7S. The lowest BCUT2D eigenvalue weighted by atomic mass is 9.98. The first-order valence-corrected chi connectivity index (χ1v) is 16.3. The maximum absolute atomic E-state index is 13.1. The molecule has 0 spiro atoms.